The number of aromatic nitrogens is 1. The van der Waals surface area contributed by atoms with Crippen LogP contribution in [-0.4, -0.2) is 26.4 Å². The summed E-state index contributed by atoms with van der Waals surface area (Å²) < 4.78 is 32.2. The zero-order chi connectivity index (χ0) is 23.8. The average Bonchev–Trinajstić information content (AvgIpc) is 2.78. The van der Waals surface area contributed by atoms with Gasteiger partial charge in [-0.2, -0.15) is 0 Å². The van der Waals surface area contributed by atoms with Crippen molar-refractivity contribution in [3.8, 4) is 5.75 Å². The number of anilines is 2. The summed E-state index contributed by atoms with van der Waals surface area (Å²) in [7, 11) is -2.42. The molecule has 1 aromatic heterocycles. The number of hydrogen-bond donors (Lipinski definition) is 2. The van der Waals surface area contributed by atoms with Crippen LogP contribution in [0.4, 0.5) is 11.4 Å². The summed E-state index contributed by atoms with van der Waals surface area (Å²) in [5.41, 5.74) is 7.57. The second-order valence-corrected chi connectivity index (χ2v) is 9.74. The number of amides is 1. The number of fused-ring (bicyclic) bond motifs is 1. The predicted molar refractivity (Wildman–Crippen MR) is 128 cm³/mol. The van der Waals surface area contributed by atoms with Crippen LogP contribution in [0, 0.1) is 6.92 Å². The zero-order valence-corrected chi connectivity index (χ0v) is 19.4. The minimum Gasteiger partial charge on any atom is -0.497 e. The molecule has 3 N–H and O–H groups in total. The molecule has 0 aliphatic rings. The van der Waals surface area contributed by atoms with Crippen molar-refractivity contribution in [1.82, 2.24) is 4.98 Å². The van der Waals surface area contributed by atoms with Crippen molar-refractivity contribution in [3.63, 3.8) is 0 Å². The van der Waals surface area contributed by atoms with E-state index in [2.05, 4.69) is 10.3 Å². The number of carbonyl (C=O) groups excluding carboxylic acids is 1. The Bertz CT molecular complexity index is 1490. The number of hydrogen-bond acceptors (Lipinski definition) is 6. The number of pyridine rings is 1. The van der Waals surface area contributed by atoms with Crippen LogP contribution in [0.2, 0.25) is 5.02 Å². The molecule has 0 radical (unpaired) electrons. The Labute approximate surface area is 196 Å². The highest BCUT2D eigenvalue weighted by Crippen LogP contribution is 2.36. The quantitative estimate of drug-likeness (QED) is 0.406. The maximum Gasteiger partial charge on any atom is 0.252 e. The number of primary amides is 1. The monoisotopic (exact) mass is 481 g/mol. The van der Waals surface area contributed by atoms with E-state index in [-0.39, 0.29) is 20.9 Å². The molecule has 0 saturated heterocycles. The molecule has 0 aliphatic carbocycles. The lowest BCUT2D eigenvalue weighted by molar-refractivity contribution is 0.100. The van der Waals surface area contributed by atoms with Gasteiger partial charge < -0.3 is 15.8 Å². The minimum atomic E-state index is -3.93. The van der Waals surface area contributed by atoms with Crippen LogP contribution >= 0.6 is 11.6 Å². The number of methoxy groups -OCH3 is 1. The third-order valence-electron chi connectivity index (χ3n) is 5.10. The van der Waals surface area contributed by atoms with E-state index in [1.807, 2.05) is 0 Å². The van der Waals surface area contributed by atoms with Crippen LogP contribution in [-0.2, 0) is 9.84 Å². The summed E-state index contributed by atoms with van der Waals surface area (Å²) in [4.78, 5) is 16.6. The van der Waals surface area contributed by atoms with Crippen LogP contribution < -0.4 is 15.8 Å². The first-order chi connectivity index (χ1) is 15.7. The van der Waals surface area contributed by atoms with Crippen LogP contribution in [0.25, 0.3) is 10.9 Å². The first-order valence-corrected chi connectivity index (χ1v) is 11.7. The molecular formula is C24H20ClN3O4S. The van der Waals surface area contributed by atoms with E-state index in [1.54, 1.807) is 55.5 Å². The Hall–Kier alpha value is -3.62. The number of nitrogens with one attached hydrogen (secondary N) is 1. The van der Waals surface area contributed by atoms with Crippen molar-refractivity contribution < 1.29 is 17.9 Å². The second kappa shape index (κ2) is 8.73. The van der Waals surface area contributed by atoms with Gasteiger partial charge in [-0.15, -0.1) is 0 Å². The van der Waals surface area contributed by atoms with Crippen molar-refractivity contribution in [2.24, 2.45) is 5.73 Å². The smallest absolute Gasteiger partial charge is 0.252 e. The Morgan fingerprint density at radius 3 is 2.45 bits per heavy atom. The normalized spacial score (nSPS) is 11.4. The topological polar surface area (TPSA) is 111 Å². The van der Waals surface area contributed by atoms with E-state index in [9.17, 15) is 13.2 Å². The second-order valence-electron chi connectivity index (χ2n) is 7.38. The fourth-order valence-corrected chi connectivity index (χ4v) is 5.22. The molecule has 3 aromatic carbocycles. The highest BCUT2D eigenvalue weighted by Gasteiger charge is 2.24. The molecule has 1 amide bonds. The van der Waals surface area contributed by atoms with Crippen LogP contribution in [0.5, 0.6) is 5.75 Å². The lowest BCUT2D eigenvalue weighted by Crippen LogP contribution is -2.15. The zero-order valence-electron chi connectivity index (χ0n) is 17.8. The highest BCUT2D eigenvalue weighted by molar-refractivity contribution is 7.91. The SMILES string of the molecule is COc1ccc(S(=O)(=O)c2cc(C)cc3c(Nc4cccc(Cl)c4)c(C(N)=O)cnc23)cc1. The predicted octanol–water partition coefficient (Wildman–Crippen LogP) is 4.88. The Morgan fingerprint density at radius 2 is 1.82 bits per heavy atom. The third-order valence-corrected chi connectivity index (χ3v) is 7.12. The van der Waals surface area contributed by atoms with E-state index < -0.39 is 15.7 Å². The molecule has 0 atom stereocenters. The largest absolute Gasteiger partial charge is 0.497 e. The number of rotatable bonds is 6. The number of ether oxygens (including phenoxy) is 1. The molecule has 4 rings (SSSR count). The van der Waals surface area contributed by atoms with E-state index >= 15 is 0 Å². The number of benzene rings is 3. The van der Waals surface area contributed by atoms with Gasteiger partial charge in [-0.1, -0.05) is 17.7 Å². The molecule has 4 aromatic rings. The number of carbonyl (C=O) groups is 1. The Balaban J connectivity index is 1.97. The fraction of sp³-hybridized carbons (Fsp3) is 0.0833. The van der Waals surface area contributed by atoms with Gasteiger partial charge >= 0.3 is 0 Å². The molecule has 0 spiro atoms. The van der Waals surface area contributed by atoms with Crippen molar-refractivity contribution in [1.29, 1.82) is 0 Å². The number of aryl methyl sites for hydroxylation is 1. The van der Waals surface area contributed by atoms with Crippen LogP contribution in [0.3, 0.4) is 0 Å². The van der Waals surface area contributed by atoms with Gasteiger partial charge in [0.25, 0.3) is 5.91 Å². The molecule has 168 valence electrons. The molecule has 33 heavy (non-hydrogen) atoms. The van der Waals surface area contributed by atoms with Gasteiger partial charge in [0.15, 0.2) is 0 Å². The van der Waals surface area contributed by atoms with Crippen LogP contribution in [0.15, 0.2) is 76.7 Å². The van der Waals surface area contributed by atoms with Crippen molar-refractivity contribution in [2.45, 2.75) is 16.7 Å². The fourth-order valence-electron chi connectivity index (χ4n) is 3.53. The Kier molecular flexibility index (Phi) is 5.97. The maximum atomic E-state index is 13.5. The van der Waals surface area contributed by atoms with Crippen molar-refractivity contribution in [2.75, 3.05) is 12.4 Å². The first-order valence-electron chi connectivity index (χ1n) is 9.85. The van der Waals surface area contributed by atoms with Gasteiger partial charge in [0.05, 0.1) is 33.7 Å². The molecule has 0 saturated carbocycles. The summed E-state index contributed by atoms with van der Waals surface area (Å²) in [6, 6.07) is 16.4. The van der Waals surface area contributed by atoms with E-state index in [0.717, 1.165) is 0 Å². The summed E-state index contributed by atoms with van der Waals surface area (Å²) in [5.74, 6) is -0.157. The Morgan fingerprint density at radius 1 is 1.09 bits per heavy atom. The van der Waals surface area contributed by atoms with Crippen molar-refractivity contribution in [3.05, 3.63) is 83.0 Å². The highest BCUT2D eigenvalue weighted by atomic mass is 35.5. The summed E-state index contributed by atoms with van der Waals surface area (Å²) >= 11 is 6.10. The minimum absolute atomic E-state index is 0.0211. The molecule has 9 heteroatoms. The molecular weight excluding hydrogens is 462 g/mol. The van der Waals surface area contributed by atoms with E-state index in [0.29, 0.717) is 33.1 Å². The first kappa shape index (κ1) is 22.6. The molecule has 0 fully saturated rings. The lowest BCUT2D eigenvalue weighted by atomic mass is 10.1. The molecule has 7 nitrogen and oxygen atoms in total. The van der Waals surface area contributed by atoms with Gasteiger partial charge in [0, 0.05) is 22.3 Å². The number of nitrogens with two attached hydrogens (primary N) is 1. The summed E-state index contributed by atoms with van der Waals surface area (Å²) in [6.07, 6.45) is 1.28. The van der Waals surface area contributed by atoms with Crippen LogP contribution in [0.1, 0.15) is 15.9 Å². The standard InChI is InChI=1S/C24H20ClN3O4S/c1-14-10-19-22(28-16-5-3-4-15(25)12-16)20(24(26)29)13-27-23(19)21(11-14)33(30,31)18-8-6-17(32-2)7-9-18/h3-13H,1-2H3,(H2,26,29)(H,27,28). The average molecular weight is 482 g/mol. The van der Waals surface area contributed by atoms with E-state index in [4.69, 9.17) is 22.1 Å². The summed E-state index contributed by atoms with van der Waals surface area (Å²) in [6.45, 7) is 1.77. The van der Waals surface area contributed by atoms with Gasteiger partial charge in [0.1, 0.15) is 5.75 Å². The number of sulfone groups is 1. The van der Waals surface area contributed by atoms with Gasteiger partial charge in [-0.05, 0) is 67.1 Å². The summed E-state index contributed by atoms with van der Waals surface area (Å²) in [5, 5.41) is 4.10. The molecule has 1 heterocycles. The lowest BCUT2D eigenvalue weighted by Gasteiger charge is -2.16. The number of nitrogens with zero attached hydrogens (tertiary/aromatic N) is 1. The van der Waals surface area contributed by atoms with Gasteiger partial charge in [-0.3, -0.25) is 9.78 Å². The molecule has 0 bridgehead atoms. The van der Waals surface area contributed by atoms with Gasteiger partial charge in [0.2, 0.25) is 9.84 Å². The molecule has 0 aliphatic heterocycles. The number of halogens is 1. The molecule has 0 unspecified atom stereocenters. The third kappa shape index (κ3) is 4.35. The maximum absolute atomic E-state index is 13.5. The van der Waals surface area contributed by atoms with Crippen molar-refractivity contribution >= 4 is 49.6 Å². The van der Waals surface area contributed by atoms with E-state index in [1.165, 1.54) is 25.4 Å². The van der Waals surface area contributed by atoms with Gasteiger partial charge in [-0.25, -0.2) is 8.42 Å².